The standard InChI is InChI=1S/C33H40N4O5/c1-8-9-40-30-19(6)31-32(42-15-41-31)27-21(30)12-23-28-26-20(10-17(4)18(5)29(26)38)11-22(36(28)7)24(13-34)37(23)25(27)14-35-33(39)16(2)3/h8,10,16,22-25,28,38H,1,9,11-12,14-15H2,2-7H3,(H,35,39)/t22-,23?,24?,25+,28+/m1/s1. The molecule has 42 heavy (non-hydrogen) atoms. The second-order valence-electron chi connectivity index (χ2n) is 12.3. The number of benzene rings is 2. The molecule has 2 aromatic rings. The van der Waals surface area contributed by atoms with E-state index in [1.54, 1.807) is 6.08 Å². The Morgan fingerprint density at radius 2 is 1.95 bits per heavy atom. The summed E-state index contributed by atoms with van der Waals surface area (Å²) in [6.45, 7) is 14.3. The highest BCUT2D eigenvalue weighted by atomic mass is 16.7. The maximum atomic E-state index is 12.9. The highest BCUT2D eigenvalue weighted by Crippen LogP contribution is 2.57. The molecule has 9 heteroatoms. The number of carbonyl (C=O) groups excluding carboxylic acids is 1. The Labute approximate surface area is 247 Å². The van der Waals surface area contributed by atoms with Crippen LogP contribution in [0.2, 0.25) is 0 Å². The highest BCUT2D eigenvalue weighted by molar-refractivity contribution is 5.78. The van der Waals surface area contributed by atoms with E-state index in [2.05, 4.69) is 40.9 Å². The Bertz CT molecular complexity index is 1510. The molecule has 0 radical (unpaired) electrons. The maximum Gasteiger partial charge on any atom is 0.231 e. The zero-order valence-electron chi connectivity index (χ0n) is 25.3. The zero-order chi connectivity index (χ0) is 30.0. The summed E-state index contributed by atoms with van der Waals surface area (Å²) < 4.78 is 18.4. The van der Waals surface area contributed by atoms with Crippen LogP contribution in [0, 0.1) is 38.0 Å². The third-order valence-corrected chi connectivity index (χ3v) is 9.77. The molecule has 2 N–H and O–H groups in total. The van der Waals surface area contributed by atoms with Crippen LogP contribution in [-0.2, 0) is 17.6 Å². The van der Waals surface area contributed by atoms with Crippen molar-refractivity contribution in [1.82, 2.24) is 15.1 Å². The van der Waals surface area contributed by atoms with E-state index in [1.165, 1.54) is 0 Å². The number of hydrogen-bond donors (Lipinski definition) is 2. The van der Waals surface area contributed by atoms with Crippen LogP contribution in [0.4, 0.5) is 0 Å². The Hall–Kier alpha value is -3.74. The molecule has 2 bridgehead atoms. The van der Waals surface area contributed by atoms with Gasteiger partial charge < -0.3 is 24.6 Å². The molecule has 0 aromatic heterocycles. The molecule has 0 spiro atoms. The number of nitrogens with zero attached hydrogens (tertiary/aromatic N) is 3. The predicted molar refractivity (Wildman–Crippen MR) is 158 cm³/mol. The number of phenolic OH excluding ortho intramolecular Hbond substituents is 1. The number of amides is 1. The third-order valence-electron chi connectivity index (χ3n) is 9.77. The van der Waals surface area contributed by atoms with E-state index in [4.69, 9.17) is 14.2 Å². The number of nitrogens with one attached hydrogen (secondary N) is 1. The van der Waals surface area contributed by atoms with Crippen LogP contribution in [0.5, 0.6) is 23.0 Å². The number of carbonyl (C=O) groups is 1. The van der Waals surface area contributed by atoms with Gasteiger partial charge in [0.25, 0.3) is 0 Å². The van der Waals surface area contributed by atoms with E-state index in [-0.39, 0.29) is 42.8 Å². The monoisotopic (exact) mass is 572 g/mol. The lowest BCUT2D eigenvalue weighted by Gasteiger charge is -2.60. The Morgan fingerprint density at radius 3 is 2.64 bits per heavy atom. The van der Waals surface area contributed by atoms with Crippen molar-refractivity contribution in [2.45, 2.75) is 77.7 Å². The second-order valence-corrected chi connectivity index (χ2v) is 12.3. The van der Waals surface area contributed by atoms with Gasteiger partial charge in [-0.05, 0) is 57.4 Å². The number of ether oxygens (including phenoxy) is 3. The van der Waals surface area contributed by atoms with Crippen molar-refractivity contribution in [3.63, 3.8) is 0 Å². The summed E-state index contributed by atoms with van der Waals surface area (Å²) in [7, 11) is 2.07. The molecule has 2 unspecified atom stereocenters. The van der Waals surface area contributed by atoms with Crippen molar-refractivity contribution in [1.29, 1.82) is 5.26 Å². The quantitative estimate of drug-likeness (QED) is 0.497. The predicted octanol–water partition coefficient (Wildman–Crippen LogP) is 4.15. The number of hydrogen-bond acceptors (Lipinski definition) is 8. The fourth-order valence-corrected chi connectivity index (χ4v) is 7.63. The van der Waals surface area contributed by atoms with Gasteiger partial charge in [0.2, 0.25) is 12.7 Å². The minimum atomic E-state index is -0.459. The number of likely N-dealkylation sites (N-methyl/N-ethyl adjacent to an activating group) is 1. The van der Waals surface area contributed by atoms with Gasteiger partial charge in [0.05, 0.1) is 18.2 Å². The first-order valence-corrected chi connectivity index (χ1v) is 14.8. The van der Waals surface area contributed by atoms with Crippen LogP contribution in [0.1, 0.15) is 64.9 Å². The van der Waals surface area contributed by atoms with Crippen molar-refractivity contribution < 1.29 is 24.1 Å². The average Bonchev–Trinajstić information content (AvgIpc) is 3.45. The first kappa shape index (κ1) is 28.4. The maximum absolute atomic E-state index is 12.9. The molecule has 5 atom stereocenters. The summed E-state index contributed by atoms with van der Waals surface area (Å²) in [6, 6.07) is 3.56. The number of nitriles is 1. The van der Waals surface area contributed by atoms with Crippen molar-refractivity contribution in [2.24, 2.45) is 5.92 Å². The minimum absolute atomic E-state index is 0.0559. The average molecular weight is 573 g/mol. The summed E-state index contributed by atoms with van der Waals surface area (Å²) in [4.78, 5) is 17.5. The number of aryl methyl sites for hydroxylation is 1. The lowest BCUT2D eigenvalue weighted by atomic mass is 9.71. The minimum Gasteiger partial charge on any atom is -0.507 e. The molecule has 6 rings (SSSR count). The normalized spacial score (nSPS) is 25.7. The molecule has 9 nitrogen and oxygen atoms in total. The molecule has 0 saturated carbocycles. The molecule has 1 amide bonds. The van der Waals surface area contributed by atoms with Gasteiger partial charge in [0.1, 0.15) is 24.1 Å². The summed E-state index contributed by atoms with van der Waals surface area (Å²) in [5.74, 6) is 2.12. The summed E-state index contributed by atoms with van der Waals surface area (Å²) in [6.07, 6.45) is 2.94. The van der Waals surface area contributed by atoms with E-state index in [0.717, 1.165) is 44.7 Å². The largest absolute Gasteiger partial charge is 0.507 e. The van der Waals surface area contributed by atoms with Crippen LogP contribution >= 0.6 is 0 Å². The second kappa shape index (κ2) is 10.5. The van der Waals surface area contributed by atoms with Gasteiger partial charge in [-0.3, -0.25) is 14.6 Å². The van der Waals surface area contributed by atoms with Crippen LogP contribution in [-0.4, -0.2) is 65.9 Å². The van der Waals surface area contributed by atoms with E-state index >= 15 is 0 Å². The van der Waals surface area contributed by atoms with E-state index in [0.29, 0.717) is 43.2 Å². The van der Waals surface area contributed by atoms with Crippen molar-refractivity contribution in [3.05, 3.63) is 57.7 Å². The van der Waals surface area contributed by atoms with Gasteiger partial charge >= 0.3 is 0 Å². The molecule has 2 aromatic carbocycles. The lowest BCUT2D eigenvalue weighted by molar-refractivity contribution is -0.125. The molecule has 4 aliphatic rings. The zero-order valence-corrected chi connectivity index (χ0v) is 25.3. The molecule has 1 saturated heterocycles. The van der Waals surface area contributed by atoms with Crippen LogP contribution in [0.25, 0.3) is 0 Å². The topological polar surface area (TPSA) is 107 Å². The molecule has 4 heterocycles. The van der Waals surface area contributed by atoms with E-state index < -0.39 is 6.04 Å². The number of piperazine rings is 1. The molecule has 4 aliphatic heterocycles. The Morgan fingerprint density at radius 1 is 1.21 bits per heavy atom. The first-order valence-electron chi connectivity index (χ1n) is 14.8. The fourth-order valence-electron chi connectivity index (χ4n) is 7.63. The van der Waals surface area contributed by atoms with Gasteiger partial charge in [-0.1, -0.05) is 32.6 Å². The molecular weight excluding hydrogens is 532 g/mol. The van der Waals surface area contributed by atoms with Gasteiger partial charge in [-0.15, -0.1) is 0 Å². The Balaban J connectivity index is 1.60. The van der Waals surface area contributed by atoms with Crippen LogP contribution in [0.3, 0.4) is 0 Å². The SMILES string of the molecule is C=CCOc1c(C)c2c(c3c1CC1[C@H]4c5c(cc(C)c(C)c5O)C[C@H](C(C#N)N1[C@H]3CNC(=O)C(C)C)N4C)OCO2. The van der Waals surface area contributed by atoms with E-state index in [1.807, 2.05) is 34.6 Å². The molecule has 1 fully saturated rings. The van der Waals surface area contributed by atoms with Gasteiger partial charge in [0, 0.05) is 46.8 Å². The van der Waals surface area contributed by atoms with Crippen LogP contribution in [0.15, 0.2) is 18.7 Å². The fraction of sp³-hybridized carbons (Fsp3) is 0.515. The molecule has 222 valence electrons. The van der Waals surface area contributed by atoms with Crippen molar-refractivity contribution in [2.75, 3.05) is 27.0 Å². The number of fused-ring (bicyclic) bond motifs is 9. The number of rotatable bonds is 6. The van der Waals surface area contributed by atoms with Crippen molar-refractivity contribution in [3.8, 4) is 29.1 Å². The lowest BCUT2D eigenvalue weighted by Crippen LogP contribution is -2.68. The first-order chi connectivity index (χ1) is 20.1. The summed E-state index contributed by atoms with van der Waals surface area (Å²) >= 11 is 0. The smallest absolute Gasteiger partial charge is 0.231 e. The number of aromatic hydroxyl groups is 1. The van der Waals surface area contributed by atoms with Gasteiger partial charge in [-0.25, -0.2) is 0 Å². The molecular formula is C33H40N4O5. The van der Waals surface area contributed by atoms with E-state index in [9.17, 15) is 15.2 Å². The molecule has 0 aliphatic carbocycles. The van der Waals surface area contributed by atoms with Crippen LogP contribution < -0.4 is 19.5 Å². The summed E-state index contributed by atoms with van der Waals surface area (Å²) in [5.41, 5.74) is 6.71. The Kier molecular flexibility index (Phi) is 7.11. The number of phenols is 1. The van der Waals surface area contributed by atoms with Gasteiger partial charge in [-0.2, -0.15) is 5.26 Å². The van der Waals surface area contributed by atoms with Crippen molar-refractivity contribution >= 4 is 5.91 Å². The third kappa shape index (κ3) is 4.07. The van der Waals surface area contributed by atoms with Gasteiger partial charge in [0.15, 0.2) is 11.5 Å². The summed E-state index contributed by atoms with van der Waals surface area (Å²) in [5, 5.41) is 25.5. The highest BCUT2D eigenvalue weighted by Gasteiger charge is 2.56.